The topological polar surface area (TPSA) is 3.24 Å². The van der Waals surface area contributed by atoms with Crippen molar-refractivity contribution in [2.24, 2.45) is 0 Å². The summed E-state index contributed by atoms with van der Waals surface area (Å²) in [4.78, 5) is 2.43. The summed E-state index contributed by atoms with van der Waals surface area (Å²) >= 11 is 0. The largest absolute Gasteiger partial charge is 0.311 e. The maximum absolute atomic E-state index is 2.49. The van der Waals surface area contributed by atoms with E-state index in [1.807, 2.05) is 0 Å². The Kier molecular flexibility index (Phi) is 6.81. The van der Waals surface area contributed by atoms with Gasteiger partial charge in [-0.2, -0.15) is 0 Å². The van der Waals surface area contributed by atoms with Gasteiger partial charge in [-0.3, -0.25) is 0 Å². The highest BCUT2D eigenvalue weighted by molar-refractivity contribution is 7.04. The quantitative estimate of drug-likeness (QED) is 0.166. The average Bonchev–Trinajstić information content (AvgIpc) is 3.52. The summed E-state index contributed by atoms with van der Waals surface area (Å²) in [5.41, 5.74) is 14.2. The summed E-state index contributed by atoms with van der Waals surface area (Å²) in [6.07, 6.45) is 0. The molecule has 0 saturated carbocycles. The Balaban J connectivity index is 1.12. The second kappa shape index (κ2) is 11.2. The van der Waals surface area contributed by atoms with Crippen LogP contribution in [0.2, 0.25) is 26.2 Å². The molecule has 0 aromatic heterocycles. The molecule has 0 unspecified atom stereocenters. The zero-order valence-corrected chi connectivity index (χ0v) is 30.5. The molecule has 9 rings (SSSR count). The number of hydrogen-bond acceptors (Lipinski definition) is 1. The molecule has 2 aliphatic rings. The molecule has 0 radical (unpaired) electrons. The molecule has 0 atom stereocenters. The van der Waals surface area contributed by atoms with Crippen molar-refractivity contribution in [1.82, 2.24) is 0 Å². The number of hydrogen-bond donors (Lipinski definition) is 0. The van der Waals surface area contributed by atoms with Crippen LogP contribution in [0.1, 0.15) is 0 Å². The minimum Gasteiger partial charge on any atom is -0.311 e. The number of rotatable bonds is 5. The van der Waals surface area contributed by atoms with E-state index in [2.05, 4.69) is 195 Å². The molecule has 0 bridgehead atoms. The molecule has 1 nitrogen and oxygen atoms in total. The fraction of sp³-hybridized carbons (Fsp3) is 0.0870. The van der Waals surface area contributed by atoms with Crippen LogP contribution in [0.4, 0.5) is 17.1 Å². The molecule has 0 saturated heterocycles. The van der Waals surface area contributed by atoms with Gasteiger partial charge < -0.3 is 4.90 Å². The van der Waals surface area contributed by atoms with Crippen LogP contribution in [0.15, 0.2) is 164 Å². The zero-order chi connectivity index (χ0) is 33.3. The van der Waals surface area contributed by atoms with Gasteiger partial charge in [-0.05, 0) is 102 Å². The molecule has 7 aromatic carbocycles. The molecule has 236 valence electrons. The van der Waals surface area contributed by atoms with E-state index in [0.29, 0.717) is 0 Å². The van der Waals surface area contributed by atoms with Crippen molar-refractivity contribution in [3.63, 3.8) is 0 Å². The van der Waals surface area contributed by atoms with E-state index in [1.54, 1.807) is 10.4 Å². The monoisotopic (exact) mass is 661 g/mol. The molecular formula is C46H39NSi2. The first-order valence-corrected chi connectivity index (χ1v) is 23.4. The Morgan fingerprint density at radius 3 is 1.27 bits per heavy atom. The third-order valence-corrected chi connectivity index (χ3v) is 18.2. The number of benzene rings is 7. The van der Waals surface area contributed by atoms with Crippen LogP contribution in [-0.4, -0.2) is 16.1 Å². The van der Waals surface area contributed by atoms with Crippen LogP contribution in [0.5, 0.6) is 0 Å². The Bertz CT molecular complexity index is 2370. The summed E-state index contributed by atoms with van der Waals surface area (Å²) in [6.45, 7) is 9.97. The third-order valence-electron chi connectivity index (χ3n) is 11.1. The summed E-state index contributed by atoms with van der Waals surface area (Å²) in [7, 11) is -3.58. The molecule has 0 amide bonds. The second-order valence-corrected chi connectivity index (χ2v) is 23.3. The van der Waals surface area contributed by atoms with E-state index in [4.69, 9.17) is 0 Å². The normalized spacial score (nSPS) is 14.4. The Labute approximate surface area is 292 Å². The predicted molar refractivity (Wildman–Crippen MR) is 216 cm³/mol. The van der Waals surface area contributed by atoms with Crippen molar-refractivity contribution < 1.29 is 0 Å². The standard InChI is InChI=1S/C46H39NSi2/c1-48(2)43-16-10-8-14-39(43)41-28-22-35(30-45(41)48)34-20-25-37(26-21-34)47(36-23-18-33(19-24-36)32-12-6-5-7-13-32)38-27-29-42-40-15-9-11-17-44(40)49(3,4)46(42)31-38/h5-31H,1-4H3. The first kappa shape index (κ1) is 29.9. The molecular weight excluding hydrogens is 623 g/mol. The van der Waals surface area contributed by atoms with Crippen molar-refractivity contribution in [2.75, 3.05) is 4.90 Å². The highest BCUT2D eigenvalue weighted by Gasteiger charge is 2.38. The van der Waals surface area contributed by atoms with Crippen LogP contribution in [0.25, 0.3) is 44.5 Å². The fourth-order valence-electron chi connectivity index (χ4n) is 8.40. The minimum absolute atomic E-state index is 1.16. The van der Waals surface area contributed by atoms with Gasteiger partial charge in [0, 0.05) is 17.1 Å². The van der Waals surface area contributed by atoms with E-state index in [9.17, 15) is 0 Å². The molecule has 0 fully saturated rings. The van der Waals surface area contributed by atoms with Gasteiger partial charge in [0.15, 0.2) is 0 Å². The van der Waals surface area contributed by atoms with Crippen molar-refractivity contribution in [2.45, 2.75) is 26.2 Å². The fourth-order valence-corrected chi connectivity index (χ4v) is 14.6. The SMILES string of the molecule is C[Si]1(C)c2ccccc2-c2ccc(-c3ccc(N(c4ccc(-c5ccccc5)cc4)c4ccc5c(c4)[Si](C)(C)c4ccccc4-5)cc3)cc21. The van der Waals surface area contributed by atoms with Gasteiger partial charge in [0.1, 0.15) is 16.1 Å². The van der Waals surface area contributed by atoms with Gasteiger partial charge in [0.05, 0.1) is 0 Å². The van der Waals surface area contributed by atoms with Gasteiger partial charge in [0.2, 0.25) is 0 Å². The lowest BCUT2D eigenvalue weighted by molar-refractivity contribution is 1.29. The molecule has 0 N–H and O–H groups in total. The summed E-state index contributed by atoms with van der Waals surface area (Å²) < 4.78 is 0. The van der Waals surface area contributed by atoms with Crippen molar-refractivity contribution in [3.05, 3.63) is 164 Å². The van der Waals surface area contributed by atoms with E-state index < -0.39 is 16.1 Å². The lowest BCUT2D eigenvalue weighted by atomic mass is 10.00. The average molecular weight is 662 g/mol. The Morgan fingerprint density at radius 1 is 0.306 bits per heavy atom. The van der Waals surface area contributed by atoms with Gasteiger partial charge in [-0.15, -0.1) is 0 Å². The highest BCUT2D eigenvalue weighted by atomic mass is 28.3. The molecule has 0 spiro atoms. The van der Waals surface area contributed by atoms with E-state index >= 15 is 0 Å². The summed E-state index contributed by atoms with van der Waals surface area (Å²) in [5, 5.41) is 6.14. The van der Waals surface area contributed by atoms with Gasteiger partial charge >= 0.3 is 0 Å². The first-order valence-electron chi connectivity index (χ1n) is 17.4. The smallest absolute Gasteiger partial charge is 0.113 e. The summed E-state index contributed by atoms with van der Waals surface area (Å²) in [5.74, 6) is 0. The van der Waals surface area contributed by atoms with Crippen LogP contribution in [0, 0.1) is 0 Å². The molecule has 2 heterocycles. The second-order valence-electron chi connectivity index (χ2n) is 14.6. The lowest BCUT2D eigenvalue weighted by Gasteiger charge is -2.28. The molecule has 0 aliphatic carbocycles. The lowest BCUT2D eigenvalue weighted by Crippen LogP contribution is -2.49. The van der Waals surface area contributed by atoms with Gasteiger partial charge in [-0.25, -0.2) is 0 Å². The van der Waals surface area contributed by atoms with Crippen molar-refractivity contribution >= 4 is 54.0 Å². The van der Waals surface area contributed by atoms with Crippen LogP contribution in [0.3, 0.4) is 0 Å². The van der Waals surface area contributed by atoms with Crippen LogP contribution >= 0.6 is 0 Å². The minimum atomic E-state index is -1.83. The molecule has 3 heteroatoms. The first-order chi connectivity index (χ1) is 23.8. The maximum atomic E-state index is 2.49. The van der Waals surface area contributed by atoms with E-state index in [-0.39, 0.29) is 0 Å². The molecule has 49 heavy (non-hydrogen) atoms. The van der Waals surface area contributed by atoms with Crippen molar-refractivity contribution in [1.29, 1.82) is 0 Å². The van der Waals surface area contributed by atoms with Gasteiger partial charge in [0.25, 0.3) is 0 Å². The van der Waals surface area contributed by atoms with Crippen molar-refractivity contribution in [3.8, 4) is 44.5 Å². The Morgan fingerprint density at radius 2 is 0.694 bits per heavy atom. The maximum Gasteiger partial charge on any atom is 0.113 e. The number of nitrogens with zero attached hydrogens (tertiary/aromatic N) is 1. The zero-order valence-electron chi connectivity index (χ0n) is 28.5. The highest BCUT2D eigenvalue weighted by Crippen LogP contribution is 2.39. The van der Waals surface area contributed by atoms with Crippen LogP contribution in [-0.2, 0) is 0 Å². The molecule has 7 aromatic rings. The summed E-state index contributed by atoms with van der Waals surface area (Å²) in [6, 6.07) is 61.2. The molecule has 2 aliphatic heterocycles. The number of anilines is 3. The van der Waals surface area contributed by atoms with Crippen LogP contribution < -0.4 is 25.6 Å². The van der Waals surface area contributed by atoms with E-state index in [0.717, 1.165) is 11.4 Å². The Hall–Kier alpha value is -5.23. The number of fused-ring (bicyclic) bond motifs is 6. The van der Waals surface area contributed by atoms with Gasteiger partial charge in [-0.1, -0.05) is 154 Å². The third kappa shape index (κ3) is 4.72. The van der Waals surface area contributed by atoms with E-state index in [1.165, 1.54) is 60.6 Å². The predicted octanol–water partition coefficient (Wildman–Crippen LogP) is 10.1.